The zero-order valence-corrected chi connectivity index (χ0v) is 12.8. The fourth-order valence-corrected chi connectivity index (χ4v) is 4.37. The molecule has 4 rings (SSSR count). The highest BCUT2D eigenvalue weighted by molar-refractivity contribution is 5.21. The second-order valence-corrected chi connectivity index (χ2v) is 7.12. The van der Waals surface area contributed by atoms with Crippen molar-refractivity contribution in [2.75, 3.05) is 33.0 Å². The van der Waals surface area contributed by atoms with E-state index >= 15 is 0 Å². The molecule has 3 nitrogen and oxygen atoms in total. The van der Waals surface area contributed by atoms with Crippen molar-refractivity contribution >= 4 is 0 Å². The van der Waals surface area contributed by atoms with Gasteiger partial charge in [-0.05, 0) is 37.2 Å². The fourth-order valence-electron chi connectivity index (χ4n) is 4.37. The molecule has 1 aliphatic carbocycles. The summed E-state index contributed by atoms with van der Waals surface area (Å²) in [6.07, 6.45) is 5.35. The first kappa shape index (κ1) is 13.7. The van der Waals surface area contributed by atoms with Crippen LogP contribution < -0.4 is 5.32 Å². The molecule has 0 unspecified atom stereocenters. The van der Waals surface area contributed by atoms with Gasteiger partial charge in [-0.15, -0.1) is 0 Å². The first-order valence-electron chi connectivity index (χ1n) is 8.44. The molecular formula is C18H26N2O. The molecule has 1 saturated carbocycles. The SMILES string of the molecule is c1ccc(C2CCC3(CC2)CNCN3CC2COC2)cc1. The molecule has 0 aromatic heterocycles. The Hall–Kier alpha value is -0.900. The molecule has 2 aliphatic heterocycles. The summed E-state index contributed by atoms with van der Waals surface area (Å²) in [6.45, 7) is 5.43. The quantitative estimate of drug-likeness (QED) is 0.924. The number of hydrogen-bond donors (Lipinski definition) is 1. The third-order valence-electron chi connectivity index (χ3n) is 5.80. The number of hydrogen-bond acceptors (Lipinski definition) is 3. The molecule has 1 spiro atoms. The van der Waals surface area contributed by atoms with Gasteiger partial charge in [-0.3, -0.25) is 4.90 Å². The Morgan fingerprint density at radius 2 is 1.90 bits per heavy atom. The number of nitrogens with zero attached hydrogens (tertiary/aromatic N) is 1. The zero-order chi connectivity index (χ0) is 14.1. The van der Waals surface area contributed by atoms with Gasteiger partial charge in [0.25, 0.3) is 0 Å². The molecule has 21 heavy (non-hydrogen) atoms. The Balaban J connectivity index is 1.40. The highest BCUT2D eigenvalue weighted by atomic mass is 16.5. The van der Waals surface area contributed by atoms with Gasteiger partial charge in [0, 0.05) is 31.2 Å². The van der Waals surface area contributed by atoms with Gasteiger partial charge < -0.3 is 10.1 Å². The molecule has 1 aromatic carbocycles. The molecular weight excluding hydrogens is 260 g/mol. The van der Waals surface area contributed by atoms with Crippen molar-refractivity contribution in [1.29, 1.82) is 0 Å². The average molecular weight is 286 g/mol. The molecule has 1 aromatic rings. The van der Waals surface area contributed by atoms with E-state index in [0.29, 0.717) is 5.54 Å². The Labute approximate surface area is 127 Å². The predicted molar refractivity (Wildman–Crippen MR) is 84.3 cm³/mol. The molecule has 3 heteroatoms. The largest absolute Gasteiger partial charge is 0.381 e. The number of benzene rings is 1. The lowest BCUT2D eigenvalue weighted by Crippen LogP contribution is -2.52. The van der Waals surface area contributed by atoms with Crippen LogP contribution in [-0.4, -0.2) is 43.4 Å². The monoisotopic (exact) mass is 286 g/mol. The lowest BCUT2D eigenvalue weighted by molar-refractivity contribution is -0.0593. The van der Waals surface area contributed by atoms with Crippen LogP contribution in [0.2, 0.25) is 0 Å². The number of ether oxygens (including phenoxy) is 1. The minimum Gasteiger partial charge on any atom is -0.381 e. The molecule has 2 heterocycles. The van der Waals surface area contributed by atoms with Crippen molar-refractivity contribution in [3.63, 3.8) is 0 Å². The molecule has 1 N–H and O–H groups in total. The van der Waals surface area contributed by atoms with Gasteiger partial charge in [-0.1, -0.05) is 30.3 Å². The lowest BCUT2D eigenvalue weighted by atomic mass is 9.73. The summed E-state index contributed by atoms with van der Waals surface area (Å²) in [5, 5.41) is 3.63. The van der Waals surface area contributed by atoms with Crippen LogP contribution in [-0.2, 0) is 4.74 Å². The summed E-state index contributed by atoms with van der Waals surface area (Å²) in [7, 11) is 0. The minimum absolute atomic E-state index is 0.431. The molecule has 2 saturated heterocycles. The molecule has 3 fully saturated rings. The third kappa shape index (κ3) is 2.63. The van der Waals surface area contributed by atoms with Crippen LogP contribution in [0.5, 0.6) is 0 Å². The van der Waals surface area contributed by atoms with Crippen LogP contribution in [0.3, 0.4) is 0 Å². The van der Waals surface area contributed by atoms with Crippen molar-refractivity contribution in [2.45, 2.75) is 37.1 Å². The van der Waals surface area contributed by atoms with Crippen LogP contribution in [0.4, 0.5) is 0 Å². The number of nitrogens with one attached hydrogen (secondary N) is 1. The molecule has 114 valence electrons. The predicted octanol–water partition coefficient (Wildman–Crippen LogP) is 2.59. The van der Waals surface area contributed by atoms with Crippen LogP contribution in [0.25, 0.3) is 0 Å². The second kappa shape index (κ2) is 5.71. The Bertz CT molecular complexity index is 463. The maximum atomic E-state index is 5.35. The summed E-state index contributed by atoms with van der Waals surface area (Å²) in [5.74, 6) is 1.54. The summed E-state index contributed by atoms with van der Waals surface area (Å²) >= 11 is 0. The summed E-state index contributed by atoms with van der Waals surface area (Å²) < 4.78 is 5.35. The minimum atomic E-state index is 0.431. The average Bonchev–Trinajstić information content (AvgIpc) is 2.87. The van der Waals surface area contributed by atoms with Gasteiger partial charge >= 0.3 is 0 Å². The Morgan fingerprint density at radius 1 is 1.14 bits per heavy atom. The molecule has 0 bridgehead atoms. The van der Waals surface area contributed by atoms with Gasteiger partial charge in [0.15, 0.2) is 0 Å². The number of rotatable bonds is 3. The lowest BCUT2D eigenvalue weighted by Gasteiger charge is -2.45. The smallest absolute Gasteiger partial charge is 0.0528 e. The second-order valence-electron chi connectivity index (χ2n) is 7.12. The van der Waals surface area contributed by atoms with E-state index in [1.807, 2.05) is 0 Å². The van der Waals surface area contributed by atoms with E-state index in [0.717, 1.165) is 31.7 Å². The van der Waals surface area contributed by atoms with Crippen molar-refractivity contribution in [3.8, 4) is 0 Å². The van der Waals surface area contributed by atoms with Gasteiger partial charge in [-0.25, -0.2) is 0 Å². The first-order chi connectivity index (χ1) is 10.4. The molecule has 0 radical (unpaired) electrons. The molecule has 3 aliphatic rings. The van der Waals surface area contributed by atoms with Crippen molar-refractivity contribution in [2.24, 2.45) is 5.92 Å². The van der Waals surface area contributed by atoms with Crippen molar-refractivity contribution in [3.05, 3.63) is 35.9 Å². The van der Waals surface area contributed by atoms with Crippen molar-refractivity contribution in [1.82, 2.24) is 10.2 Å². The third-order valence-corrected chi connectivity index (χ3v) is 5.80. The van der Waals surface area contributed by atoms with Crippen LogP contribution in [0, 0.1) is 5.92 Å². The van der Waals surface area contributed by atoms with E-state index in [2.05, 4.69) is 40.5 Å². The fraction of sp³-hybridized carbons (Fsp3) is 0.667. The highest BCUT2D eigenvalue weighted by Gasteiger charge is 2.44. The maximum absolute atomic E-state index is 5.35. The standard InChI is InChI=1S/C18H26N2O/c1-2-4-16(5-3-1)17-6-8-18(9-7-17)13-19-14-20(18)10-15-11-21-12-15/h1-5,15,17,19H,6-14H2. The highest BCUT2D eigenvalue weighted by Crippen LogP contribution is 2.42. The molecule has 0 atom stereocenters. The van der Waals surface area contributed by atoms with E-state index in [1.54, 1.807) is 0 Å². The van der Waals surface area contributed by atoms with Gasteiger partial charge in [0.2, 0.25) is 0 Å². The Morgan fingerprint density at radius 3 is 2.57 bits per heavy atom. The van der Waals surface area contributed by atoms with Gasteiger partial charge in [-0.2, -0.15) is 0 Å². The molecule has 0 amide bonds. The summed E-state index contributed by atoms with van der Waals surface area (Å²) in [5.41, 5.74) is 1.97. The van der Waals surface area contributed by atoms with Gasteiger partial charge in [0.05, 0.1) is 13.2 Å². The Kier molecular flexibility index (Phi) is 3.74. The van der Waals surface area contributed by atoms with Crippen LogP contribution in [0.15, 0.2) is 30.3 Å². The topological polar surface area (TPSA) is 24.5 Å². The maximum Gasteiger partial charge on any atom is 0.0528 e. The van der Waals surface area contributed by atoms with Gasteiger partial charge in [0.1, 0.15) is 0 Å². The van der Waals surface area contributed by atoms with Crippen molar-refractivity contribution < 1.29 is 4.74 Å². The summed E-state index contributed by atoms with van der Waals surface area (Å²) in [4.78, 5) is 2.72. The zero-order valence-electron chi connectivity index (χ0n) is 12.8. The van der Waals surface area contributed by atoms with Crippen LogP contribution in [0.1, 0.15) is 37.2 Å². The van der Waals surface area contributed by atoms with E-state index in [-0.39, 0.29) is 0 Å². The van der Waals surface area contributed by atoms with Crippen LogP contribution >= 0.6 is 0 Å². The van der Waals surface area contributed by atoms with E-state index < -0.39 is 0 Å². The summed E-state index contributed by atoms with van der Waals surface area (Å²) in [6, 6.07) is 11.1. The van der Waals surface area contributed by atoms with E-state index in [4.69, 9.17) is 4.74 Å². The van der Waals surface area contributed by atoms with E-state index in [1.165, 1.54) is 44.3 Å². The normalized spacial score (nSPS) is 34.2. The first-order valence-corrected chi connectivity index (χ1v) is 8.44. The van der Waals surface area contributed by atoms with E-state index in [9.17, 15) is 0 Å².